The van der Waals surface area contributed by atoms with Crippen LogP contribution in [0, 0.1) is 11.3 Å². The van der Waals surface area contributed by atoms with Crippen LogP contribution in [0.2, 0.25) is 0 Å². The lowest BCUT2D eigenvalue weighted by Crippen LogP contribution is -2.30. The van der Waals surface area contributed by atoms with Crippen LogP contribution in [0.1, 0.15) is 18.9 Å². The van der Waals surface area contributed by atoms with E-state index in [2.05, 4.69) is 16.0 Å². The van der Waals surface area contributed by atoms with E-state index >= 15 is 0 Å². The third kappa shape index (κ3) is 3.72. The Morgan fingerprint density at radius 1 is 1.31 bits per heavy atom. The lowest BCUT2D eigenvalue weighted by molar-refractivity contribution is 0.0839. The number of methoxy groups -OCH3 is 1. The van der Waals surface area contributed by atoms with E-state index in [-0.39, 0.29) is 5.56 Å². The lowest BCUT2D eigenvalue weighted by Gasteiger charge is -2.21. The van der Waals surface area contributed by atoms with Gasteiger partial charge in [-0.2, -0.15) is 5.26 Å². The van der Waals surface area contributed by atoms with Gasteiger partial charge >= 0.3 is 0 Å². The van der Waals surface area contributed by atoms with Gasteiger partial charge in [-0.3, -0.25) is 0 Å². The number of pyridine rings is 2. The summed E-state index contributed by atoms with van der Waals surface area (Å²) in [6.45, 7) is 2.94. The van der Waals surface area contributed by atoms with E-state index in [1.165, 1.54) is 11.3 Å². The maximum atomic E-state index is 10.3. The highest BCUT2D eigenvalue weighted by molar-refractivity contribution is 7.13. The number of nitriles is 1. The van der Waals surface area contributed by atoms with Crippen LogP contribution in [0.15, 0.2) is 29.8 Å². The first kappa shape index (κ1) is 19.1. The first-order valence-electron chi connectivity index (χ1n) is 9.04. The van der Waals surface area contributed by atoms with Crippen molar-refractivity contribution in [3.63, 3.8) is 0 Å². The molecule has 1 fully saturated rings. The van der Waals surface area contributed by atoms with E-state index in [1.807, 2.05) is 23.3 Å². The quantitative estimate of drug-likeness (QED) is 0.676. The zero-order chi connectivity index (χ0) is 20.6. The Hall–Kier alpha value is -3.22. The standard InChI is InChI=1S/C20H20N6O2S/c1-20(27)3-5-26(11-20)17-8-12(28-2)7-15(24-17)18-13(10-21)14(22)9-16(25-18)19-23-4-6-29-19/h4,6-9,27H,3,5,11H2,1-2H3,(H2,22,25)/t20-/m1/s1. The lowest BCUT2D eigenvalue weighted by atomic mass is 10.1. The fraction of sp³-hybridized carbons (Fsp3) is 0.300. The molecule has 1 aliphatic rings. The Labute approximate surface area is 172 Å². The molecule has 4 rings (SSSR count). The first-order valence-corrected chi connectivity index (χ1v) is 9.92. The number of aliphatic hydroxyl groups is 1. The number of thiazole rings is 1. The van der Waals surface area contributed by atoms with Gasteiger partial charge in [0.25, 0.3) is 0 Å². The fourth-order valence-electron chi connectivity index (χ4n) is 3.36. The number of anilines is 2. The van der Waals surface area contributed by atoms with Crippen molar-refractivity contribution >= 4 is 22.8 Å². The number of nitrogen functional groups attached to an aromatic ring is 1. The molecule has 0 radical (unpaired) electrons. The van der Waals surface area contributed by atoms with Crippen LogP contribution in [0.4, 0.5) is 11.5 Å². The predicted molar refractivity (Wildman–Crippen MR) is 112 cm³/mol. The van der Waals surface area contributed by atoms with Gasteiger partial charge in [0.15, 0.2) is 0 Å². The highest BCUT2D eigenvalue weighted by atomic mass is 32.1. The SMILES string of the molecule is COc1cc(-c2nc(-c3nccs3)cc(N)c2C#N)nc(N2CC[C@@](C)(O)C2)c1. The molecule has 1 atom stereocenters. The maximum Gasteiger partial charge on any atom is 0.141 e. The van der Waals surface area contributed by atoms with Gasteiger partial charge in [0.05, 0.1) is 24.1 Å². The van der Waals surface area contributed by atoms with E-state index in [9.17, 15) is 10.4 Å². The Kier molecular flexibility index (Phi) is 4.82. The minimum absolute atomic E-state index is 0.255. The van der Waals surface area contributed by atoms with Crippen LogP contribution in [-0.4, -0.2) is 45.9 Å². The molecule has 4 heterocycles. The minimum Gasteiger partial charge on any atom is -0.497 e. The highest BCUT2D eigenvalue weighted by Crippen LogP contribution is 2.34. The average molecular weight is 408 g/mol. The summed E-state index contributed by atoms with van der Waals surface area (Å²) in [5, 5.41) is 22.6. The molecule has 29 heavy (non-hydrogen) atoms. The van der Waals surface area contributed by atoms with Crippen molar-refractivity contribution < 1.29 is 9.84 Å². The van der Waals surface area contributed by atoms with Crippen LogP contribution in [0.5, 0.6) is 5.75 Å². The number of ether oxygens (including phenoxy) is 1. The van der Waals surface area contributed by atoms with Crippen LogP contribution >= 0.6 is 11.3 Å². The van der Waals surface area contributed by atoms with Crippen molar-refractivity contribution in [2.24, 2.45) is 0 Å². The molecule has 148 valence electrons. The molecule has 1 saturated heterocycles. The fourth-order valence-corrected chi connectivity index (χ4v) is 3.96. The van der Waals surface area contributed by atoms with Gasteiger partial charge in [-0.15, -0.1) is 11.3 Å². The van der Waals surface area contributed by atoms with Crippen LogP contribution in [-0.2, 0) is 0 Å². The summed E-state index contributed by atoms with van der Waals surface area (Å²) in [5.74, 6) is 1.24. The van der Waals surface area contributed by atoms with Crippen molar-refractivity contribution in [3.8, 4) is 33.9 Å². The van der Waals surface area contributed by atoms with E-state index in [0.29, 0.717) is 58.9 Å². The van der Waals surface area contributed by atoms with Crippen molar-refractivity contribution in [1.29, 1.82) is 5.26 Å². The maximum absolute atomic E-state index is 10.3. The Balaban J connectivity index is 1.86. The summed E-state index contributed by atoms with van der Waals surface area (Å²) < 4.78 is 5.45. The predicted octanol–water partition coefficient (Wildman–Crippen LogP) is 2.69. The topological polar surface area (TPSA) is 121 Å². The number of hydrogen-bond donors (Lipinski definition) is 2. The first-order chi connectivity index (χ1) is 13.9. The molecule has 3 N–H and O–H groups in total. The monoisotopic (exact) mass is 408 g/mol. The molecular formula is C20H20N6O2S. The molecule has 0 aliphatic carbocycles. The third-order valence-electron chi connectivity index (χ3n) is 4.85. The summed E-state index contributed by atoms with van der Waals surface area (Å²) in [5.41, 5.74) is 7.40. The Morgan fingerprint density at radius 2 is 2.14 bits per heavy atom. The molecule has 0 amide bonds. The summed E-state index contributed by atoms with van der Waals surface area (Å²) in [4.78, 5) is 15.6. The number of nitrogens with zero attached hydrogens (tertiary/aromatic N) is 5. The summed E-state index contributed by atoms with van der Waals surface area (Å²) in [7, 11) is 1.57. The van der Waals surface area contributed by atoms with Gasteiger partial charge in [-0.1, -0.05) is 0 Å². The molecule has 3 aromatic heterocycles. The van der Waals surface area contributed by atoms with E-state index in [1.54, 1.807) is 25.4 Å². The zero-order valence-electron chi connectivity index (χ0n) is 16.1. The van der Waals surface area contributed by atoms with Gasteiger partial charge in [-0.25, -0.2) is 15.0 Å². The molecule has 0 spiro atoms. The molecule has 0 aromatic carbocycles. The largest absolute Gasteiger partial charge is 0.497 e. The molecule has 1 aliphatic heterocycles. The molecule has 3 aromatic rings. The minimum atomic E-state index is -0.768. The molecule has 8 nitrogen and oxygen atoms in total. The van der Waals surface area contributed by atoms with Gasteiger partial charge < -0.3 is 20.5 Å². The van der Waals surface area contributed by atoms with Crippen molar-refractivity contribution in [2.45, 2.75) is 18.9 Å². The second kappa shape index (κ2) is 7.31. The Bertz CT molecular complexity index is 1090. The summed E-state index contributed by atoms with van der Waals surface area (Å²) >= 11 is 1.44. The molecule has 0 unspecified atom stereocenters. The Morgan fingerprint density at radius 3 is 2.76 bits per heavy atom. The van der Waals surface area contributed by atoms with Gasteiger partial charge in [0, 0.05) is 36.8 Å². The van der Waals surface area contributed by atoms with Crippen LogP contribution in [0.3, 0.4) is 0 Å². The molecule has 0 bridgehead atoms. The molecule has 0 saturated carbocycles. The number of rotatable bonds is 4. The van der Waals surface area contributed by atoms with Gasteiger partial charge in [0.1, 0.15) is 39.6 Å². The van der Waals surface area contributed by atoms with E-state index < -0.39 is 5.60 Å². The second-order valence-corrected chi connectivity index (χ2v) is 8.08. The van der Waals surface area contributed by atoms with Gasteiger partial charge in [0.2, 0.25) is 0 Å². The number of β-amino-alcohol motifs (C(OH)–C–C–N with tert-alkyl or cyclic N) is 1. The normalized spacial score (nSPS) is 18.6. The average Bonchev–Trinajstić information content (AvgIpc) is 3.36. The summed E-state index contributed by atoms with van der Waals surface area (Å²) in [6.07, 6.45) is 2.34. The van der Waals surface area contributed by atoms with E-state index in [4.69, 9.17) is 15.5 Å². The van der Waals surface area contributed by atoms with Crippen molar-refractivity contribution in [1.82, 2.24) is 15.0 Å². The van der Waals surface area contributed by atoms with Crippen molar-refractivity contribution in [3.05, 3.63) is 35.3 Å². The highest BCUT2D eigenvalue weighted by Gasteiger charge is 2.32. The zero-order valence-corrected chi connectivity index (χ0v) is 16.9. The second-order valence-electron chi connectivity index (χ2n) is 7.19. The van der Waals surface area contributed by atoms with E-state index in [0.717, 1.165) is 0 Å². The third-order valence-corrected chi connectivity index (χ3v) is 5.65. The van der Waals surface area contributed by atoms with Crippen LogP contribution in [0.25, 0.3) is 22.1 Å². The summed E-state index contributed by atoms with van der Waals surface area (Å²) in [6, 6.07) is 7.33. The molecule has 9 heteroatoms. The van der Waals surface area contributed by atoms with Gasteiger partial charge in [-0.05, 0) is 19.4 Å². The number of hydrogen-bond acceptors (Lipinski definition) is 9. The smallest absolute Gasteiger partial charge is 0.141 e. The van der Waals surface area contributed by atoms with Crippen LogP contribution < -0.4 is 15.4 Å². The number of nitrogens with two attached hydrogens (primary N) is 1. The number of aromatic nitrogens is 3. The van der Waals surface area contributed by atoms with Crippen molar-refractivity contribution in [2.75, 3.05) is 30.8 Å². The molecular weight excluding hydrogens is 388 g/mol.